The molecule has 7 heteroatoms. The second-order valence-corrected chi connectivity index (χ2v) is 2.93. The fourth-order valence-electron chi connectivity index (χ4n) is 1.16. The van der Waals surface area contributed by atoms with Crippen LogP contribution in [0, 0.1) is 0 Å². The third kappa shape index (κ3) is 1.95. The molecule has 1 aliphatic heterocycles. The maximum Gasteiger partial charge on any atom is 0.296 e. The van der Waals surface area contributed by atoms with E-state index >= 15 is 0 Å². The number of nitrogens with one attached hydrogen (secondary N) is 2. The second-order valence-electron chi connectivity index (χ2n) is 2.93. The third-order valence-corrected chi connectivity index (χ3v) is 1.91. The maximum absolute atomic E-state index is 11.1. The largest absolute Gasteiger partial charge is 0.318 e. The Morgan fingerprint density at radius 2 is 2.14 bits per heavy atom. The Hall–Kier alpha value is -1.31. The first-order valence-electron chi connectivity index (χ1n) is 4.13. The molecule has 0 radical (unpaired) electrons. The van der Waals surface area contributed by atoms with Crippen LogP contribution in [0.2, 0.25) is 0 Å². The summed E-state index contributed by atoms with van der Waals surface area (Å²) in [6, 6.07) is -1.17. The van der Waals surface area contributed by atoms with Gasteiger partial charge in [-0.3, -0.25) is 25.5 Å². The number of carbonyl (C=O) groups is 3. The van der Waals surface area contributed by atoms with Gasteiger partial charge in [0.05, 0.1) is 0 Å². The number of likely N-dealkylation sites (N-methyl/N-ethyl adjacent to an activating group) is 1. The average Bonchev–Trinajstić information content (AvgIpc) is 2.38. The summed E-state index contributed by atoms with van der Waals surface area (Å²) in [5, 5.41) is 5.77. The summed E-state index contributed by atoms with van der Waals surface area (Å²) in [7, 11) is 1.72. The van der Waals surface area contributed by atoms with E-state index in [9.17, 15) is 14.4 Å². The van der Waals surface area contributed by atoms with Crippen LogP contribution in [-0.4, -0.2) is 48.8 Å². The van der Waals surface area contributed by atoms with Crippen molar-refractivity contribution in [1.29, 1.82) is 0 Å². The van der Waals surface area contributed by atoms with Gasteiger partial charge in [-0.05, 0) is 7.05 Å². The first-order valence-corrected chi connectivity index (χ1v) is 4.13. The number of hydrogen-bond acceptors (Lipinski definition) is 6. The van der Waals surface area contributed by atoms with Gasteiger partial charge >= 0.3 is 0 Å². The number of nitrogens with zero attached hydrogens (tertiary/aromatic N) is 1. The van der Waals surface area contributed by atoms with Crippen LogP contribution in [-0.2, 0) is 14.4 Å². The molecule has 14 heavy (non-hydrogen) atoms. The van der Waals surface area contributed by atoms with Crippen LogP contribution in [0.3, 0.4) is 0 Å². The number of nitrogens with two attached hydrogens (primary N) is 1. The molecule has 0 aliphatic carbocycles. The SMILES string of the molecule is CNCCN(N)C1C(=O)NC(=O)C1=O. The molecular formula is C7H12N4O3. The van der Waals surface area contributed by atoms with Crippen molar-refractivity contribution >= 4 is 17.6 Å². The molecule has 1 unspecified atom stereocenters. The number of rotatable bonds is 4. The Labute approximate surface area is 80.6 Å². The smallest absolute Gasteiger partial charge is 0.296 e. The Balaban J connectivity index is 2.62. The lowest BCUT2D eigenvalue weighted by Crippen LogP contribution is -2.50. The molecule has 4 N–H and O–H groups in total. The van der Waals surface area contributed by atoms with Crippen LogP contribution in [0.25, 0.3) is 0 Å². The number of amides is 2. The third-order valence-electron chi connectivity index (χ3n) is 1.91. The molecule has 7 nitrogen and oxygen atoms in total. The lowest BCUT2D eigenvalue weighted by Gasteiger charge is -2.18. The van der Waals surface area contributed by atoms with Gasteiger partial charge in [-0.25, -0.2) is 5.01 Å². The van der Waals surface area contributed by atoms with Crippen LogP contribution < -0.4 is 16.5 Å². The van der Waals surface area contributed by atoms with Gasteiger partial charge < -0.3 is 5.32 Å². The zero-order valence-corrected chi connectivity index (χ0v) is 7.74. The van der Waals surface area contributed by atoms with E-state index in [-0.39, 0.29) is 0 Å². The number of hydrogen-bond donors (Lipinski definition) is 3. The van der Waals surface area contributed by atoms with E-state index in [1.807, 2.05) is 5.32 Å². The molecule has 1 atom stereocenters. The van der Waals surface area contributed by atoms with Crippen molar-refractivity contribution < 1.29 is 14.4 Å². The van der Waals surface area contributed by atoms with Gasteiger partial charge in [0.1, 0.15) is 0 Å². The highest BCUT2D eigenvalue weighted by molar-refractivity contribution is 6.49. The van der Waals surface area contributed by atoms with Crippen molar-refractivity contribution in [3.05, 3.63) is 0 Å². The molecule has 0 aromatic rings. The Morgan fingerprint density at radius 3 is 2.57 bits per heavy atom. The average molecular weight is 200 g/mol. The fraction of sp³-hybridized carbons (Fsp3) is 0.571. The molecule has 0 saturated carbocycles. The van der Waals surface area contributed by atoms with Crippen LogP contribution in [0.5, 0.6) is 0 Å². The zero-order chi connectivity index (χ0) is 10.7. The predicted molar refractivity (Wildman–Crippen MR) is 46.8 cm³/mol. The normalized spacial score (nSPS) is 21.9. The van der Waals surface area contributed by atoms with E-state index < -0.39 is 23.6 Å². The highest BCUT2D eigenvalue weighted by Gasteiger charge is 2.42. The van der Waals surface area contributed by atoms with Gasteiger partial charge in [0.2, 0.25) is 5.78 Å². The van der Waals surface area contributed by atoms with Crippen molar-refractivity contribution in [2.45, 2.75) is 6.04 Å². The van der Waals surface area contributed by atoms with E-state index in [4.69, 9.17) is 5.84 Å². The lowest BCUT2D eigenvalue weighted by molar-refractivity contribution is -0.137. The molecule has 1 aliphatic rings. The zero-order valence-electron chi connectivity index (χ0n) is 7.74. The van der Waals surface area contributed by atoms with Gasteiger partial charge in [0, 0.05) is 13.1 Å². The first kappa shape index (κ1) is 10.8. The van der Waals surface area contributed by atoms with E-state index in [1.165, 1.54) is 0 Å². The second kappa shape index (κ2) is 4.27. The summed E-state index contributed by atoms with van der Waals surface area (Å²) in [5.74, 6) is 3.13. The summed E-state index contributed by atoms with van der Waals surface area (Å²) in [4.78, 5) is 33.0. The van der Waals surface area contributed by atoms with Gasteiger partial charge in [-0.15, -0.1) is 0 Å². The Kier molecular flexibility index (Phi) is 3.28. The Morgan fingerprint density at radius 1 is 1.50 bits per heavy atom. The molecular weight excluding hydrogens is 188 g/mol. The first-order chi connectivity index (χ1) is 6.57. The van der Waals surface area contributed by atoms with Gasteiger partial charge in [-0.1, -0.05) is 0 Å². The molecule has 0 aromatic heterocycles. The van der Waals surface area contributed by atoms with E-state index in [1.54, 1.807) is 7.05 Å². The molecule has 1 fully saturated rings. The number of imide groups is 1. The van der Waals surface area contributed by atoms with Crippen LogP contribution in [0.15, 0.2) is 0 Å². The van der Waals surface area contributed by atoms with Crippen molar-refractivity contribution in [1.82, 2.24) is 15.6 Å². The maximum atomic E-state index is 11.1. The predicted octanol–water partition coefficient (Wildman–Crippen LogP) is -3.02. The van der Waals surface area contributed by atoms with Gasteiger partial charge in [-0.2, -0.15) is 0 Å². The van der Waals surface area contributed by atoms with Gasteiger partial charge in [0.15, 0.2) is 6.04 Å². The number of carbonyl (C=O) groups excluding carboxylic acids is 3. The molecule has 0 aromatic carbocycles. The summed E-state index contributed by atoms with van der Waals surface area (Å²) < 4.78 is 0. The lowest BCUT2D eigenvalue weighted by atomic mass is 10.2. The molecule has 78 valence electrons. The molecule has 0 spiro atoms. The van der Waals surface area contributed by atoms with E-state index in [0.717, 1.165) is 5.01 Å². The molecule has 0 bridgehead atoms. The van der Waals surface area contributed by atoms with Crippen LogP contribution in [0.1, 0.15) is 0 Å². The van der Waals surface area contributed by atoms with Crippen molar-refractivity contribution in [3.63, 3.8) is 0 Å². The van der Waals surface area contributed by atoms with Crippen molar-refractivity contribution in [2.24, 2.45) is 5.84 Å². The Bertz CT molecular complexity index is 278. The number of hydrazine groups is 1. The van der Waals surface area contributed by atoms with Crippen LogP contribution in [0.4, 0.5) is 0 Å². The minimum atomic E-state index is -1.17. The molecule has 2 amide bonds. The summed E-state index contributed by atoms with van der Waals surface area (Å²) in [6.45, 7) is 0.843. The highest BCUT2D eigenvalue weighted by Crippen LogP contribution is 2.02. The van der Waals surface area contributed by atoms with E-state index in [2.05, 4.69) is 5.32 Å². The fourth-order valence-corrected chi connectivity index (χ4v) is 1.16. The minimum absolute atomic E-state index is 0.313. The number of ketones is 1. The standard InChI is InChI=1S/C7H12N4O3/c1-9-2-3-11(8)4-5(12)7(14)10-6(4)13/h4,9H,2-3,8H2,1H3,(H,10,13,14). The molecule has 1 saturated heterocycles. The quantitative estimate of drug-likeness (QED) is 0.147. The van der Waals surface area contributed by atoms with Gasteiger partial charge in [0.25, 0.3) is 11.8 Å². The number of Topliss-reactive ketones (excluding diaryl/α,β-unsaturated/α-hetero) is 1. The van der Waals surface area contributed by atoms with Crippen molar-refractivity contribution in [2.75, 3.05) is 20.1 Å². The molecule has 1 heterocycles. The summed E-state index contributed by atoms with van der Waals surface area (Å²) in [6.07, 6.45) is 0. The topological polar surface area (TPSA) is 105 Å². The summed E-state index contributed by atoms with van der Waals surface area (Å²) >= 11 is 0. The molecule has 1 rings (SSSR count). The van der Waals surface area contributed by atoms with Crippen LogP contribution >= 0.6 is 0 Å². The monoisotopic (exact) mass is 200 g/mol. The summed E-state index contributed by atoms with van der Waals surface area (Å²) in [5.41, 5.74) is 0. The minimum Gasteiger partial charge on any atom is -0.318 e. The van der Waals surface area contributed by atoms with Crippen molar-refractivity contribution in [3.8, 4) is 0 Å². The van der Waals surface area contributed by atoms with E-state index in [0.29, 0.717) is 13.1 Å². The highest BCUT2D eigenvalue weighted by atomic mass is 16.2.